The van der Waals surface area contributed by atoms with Crippen LogP contribution in [0.3, 0.4) is 0 Å². The molecular formula is C34H50O11. The monoisotopic (exact) mass is 634 g/mol. The van der Waals surface area contributed by atoms with E-state index in [1.54, 1.807) is 40.7 Å². The number of epoxide rings is 1. The van der Waals surface area contributed by atoms with Gasteiger partial charge in [0.2, 0.25) is 0 Å². The van der Waals surface area contributed by atoms with Crippen LogP contribution in [0, 0.1) is 5.92 Å². The van der Waals surface area contributed by atoms with E-state index in [1.165, 1.54) is 6.92 Å². The first-order chi connectivity index (χ1) is 21.2. The molecule has 4 aliphatic rings. The average molecular weight is 635 g/mol. The van der Waals surface area contributed by atoms with E-state index in [1.807, 2.05) is 6.92 Å². The second-order valence-electron chi connectivity index (χ2n) is 13.3. The molecule has 3 fully saturated rings. The van der Waals surface area contributed by atoms with Crippen molar-refractivity contribution in [1.82, 2.24) is 0 Å². The fraction of sp³-hybridized carbons (Fsp3) is 0.765. The lowest BCUT2D eigenvalue weighted by Crippen LogP contribution is -2.60. The molecule has 45 heavy (non-hydrogen) atoms. The van der Waals surface area contributed by atoms with Crippen LogP contribution in [0.1, 0.15) is 113 Å². The third kappa shape index (κ3) is 6.45. The van der Waals surface area contributed by atoms with Crippen LogP contribution in [0.5, 0.6) is 0 Å². The zero-order chi connectivity index (χ0) is 33.3. The second kappa shape index (κ2) is 13.5. The van der Waals surface area contributed by atoms with Crippen molar-refractivity contribution in [3.05, 3.63) is 22.8 Å². The Hall–Kier alpha value is -2.76. The SMILES string of the molecule is C/C=C(/C)C(=O)O[C@H]1C(C)=C2[C@H]([C@@H]1OC(=O)CCCCCCC)[C@@](C)(OC(C)=O)C[C@H](OC(=O)CCC)[C@@]1(O)[C@H]2O[C@H]2O[C@]21C. The molecule has 0 amide bonds. The Kier molecular flexibility index (Phi) is 10.6. The number of fused-ring (bicyclic) bond motifs is 5. The van der Waals surface area contributed by atoms with E-state index in [0.717, 1.165) is 25.7 Å². The summed E-state index contributed by atoms with van der Waals surface area (Å²) in [6.45, 7) is 13.6. The van der Waals surface area contributed by atoms with E-state index in [9.17, 15) is 24.3 Å². The zero-order valence-corrected chi connectivity index (χ0v) is 27.9. The molecule has 11 heteroatoms. The Morgan fingerprint density at radius 1 is 0.956 bits per heavy atom. The van der Waals surface area contributed by atoms with Crippen molar-refractivity contribution in [2.24, 2.45) is 5.92 Å². The average Bonchev–Trinajstić information content (AvgIpc) is 3.51. The number of rotatable bonds is 13. The summed E-state index contributed by atoms with van der Waals surface area (Å²) in [4.78, 5) is 52.1. The molecule has 2 aliphatic heterocycles. The Labute approximate surface area is 266 Å². The summed E-state index contributed by atoms with van der Waals surface area (Å²) < 4.78 is 36.3. The van der Waals surface area contributed by atoms with E-state index in [4.69, 9.17) is 28.4 Å². The largest absolute Gasteiger partial charge is 0.459 e. The van der Waals surface area contributed by atoms with Crippen molar-refractivity contribution in [3.63, 3.8) is 0 Å². The molecule has 252 valence electrons. The fourth-order valence-electron chi connectivity index (χ4n) is 7.30. The van der Waals surface area contributed by atoms with Crippen molar-refractivity contribution < 1.29 is 52.7 Å². The van der Waals surface area contributed by atoms with Crippen LogP contribution in [0.4, 0.5) is 0 Å². The quantitative estimate of drug-likeness (QED) is 0.0746. The van der Waals surface area contributed by atoms with Gasteiger partial charge in [0.25, 0.3) is 0 Å². The molecule has 11 nitrogen and oxygen atoms in total. The maximum absolute atomic E-state index is 13.4. The molecule has 2 saturated heterocycles. The predicted octanol–water partition coefficient (Wildman–Crippen LogP) is 4.77. The Balaban J connectivity index is 1.82. The first-order valence-corrected chi connectivity index (χ1v) is 16.4. The summed E-state index contributed by atoms with van der Waals surface area (Å²) in [6.07, 6.45) is 1.72. The van der Waals surface area contributed by atoms with Crippen molar-refractivity contribution in [1.29, 1.82) is 0 Å². The Morgan fingerprint density at radius 3 is 2.24 bits per heavy atom. The van der Waals surface area contributed by atoms with Gasteiger partial charge in [-0.15, -0.1) is 0 Å². The van der Waals surface area contributed by atoms with E-state index < -0.39 is 77.3 Å². The third-order valence-electron chi connectivity index (χ3n) is 9.91. The van der Waals surface area contributed by atoms with Gasteiger partial charge in [0, 0.05) is 31.8 Å². The summed E-state index contributed by atoms with van der Waals surface area (Å²) in [5.74, 6) is -3.12. The van der Waals surface area contributed by atoms with Gasteiger partial charge in [-0.05, 0) is 58.6 Å². The molecule has 9 atom stereocenters. The summed E-state index contributed by atoms with van der Waals surface area (Å²) in [7, 11) is 0. The molecular weight excluding hydrogens is 584 g/mol. The third-order valence-corrected chi connectivity index (χ3v) is 9.91. The van der Waals surface area contributed by atoms with Gasteiger partial charge in [-0.1, -0.05) is 45.6 Å². The molecule has 0 aromatic carbocycles. The molecule has 0 aromatic rings. The first-order valence-electron chi connectivity index (χ1n) is 16.4. The van der Waals surface area contributed by atoms with Crippen LogP contribution in [-0.4, -0.2) is 76.5 Å². The lowest BCUT2D eigenvalue weighted by molar-refractivity contribution is -0.205. The molecule has 2 aliphatic carbocycles. The van der Waals surface area contributed by atoms with Crippen LogP contribution in [0.15, 0.2) is 22.8 Å². The second-order valence-corrected chi connectivity index (χ2v) is 13.3. The highest BCUT2D eigenvalue weighted by molar-refractivity contribution is 5.88. The number of carbonyl (C=O) groups is 4. The maximum Gasteiger partial charge on any atom is 0.334 e. The number of esters is 4. The van der Waals surface area contributed by atoms with Gasteiger partial charge in [-0.25, -0.2) is 4.79 Å². The highest BCUT2D eigenvalue weighted by Gasteiger charge is 2.82. The van der Waals surface area contributed by atoms with Crippen LogP contribution < -0.4 is 0 Å². The lowest BCUT2D eigenvalue weighted by Gasteiger charge is -2.41. The van der Waals surface area contributed by atoms with Crippen molar-refractivity contribution in [2.45, 2.75) is 161 Å². The number of unbranched alkanes of at least 4 members (excludes halogenated alkanes) is 4. The minimum Gasteiger partial charge on any atom is -0.459 e. The number of hydrogen-bond acceptors (Lipinski definition) is 11. The molecule has 0 spiro atoms. The lowest BCUT2D eigenvalue weighted by atomic mass is 9.77. The summed E-state index contributed by atoms with van der Waals surface area (Å²) in [5, 5.41) is 12.6. The summed E-state index contributed by atoms with van der Waals surface area (Å²) in [5.41, 5.74) is -3.25. The summed E-state index contributed by atoms with van der Waals surface area (Å²) in [6, 6.07) is 0. The van der Waals surface area contributed by atoms with E-state index in [0.29, 0.717) is 29.6 Å². The molecule has 1 N–H and O–H groups in total. The minimum absolute atomic E-state index is 0.120. The number of aliphatic hydroxyl groups is 1. The standard InChI is InChI=1S/C34H50O11/c1-9-12-13-14-15-17-24(37)41-28-26-25(20(5)27(28)42-30(38)19(4)11-3)29-34(39,33(8)31(43-29)45-33)22(40-23(36)16-10-2)18-32(26,7)44-21(6)35/h11,22,26-29,31,39H,9-10,12-18H2,1-8H3/b19-11-/t22-,26+,27-,28-,29-,31-,32-,33+,34+/m0/s1. The molecule has 1 saturated carbocycles. The van der Waals surface area contributed by atoms with Crippen LogP contribution >= 0.6 is 0 Å². The number of allylic oxidation sites excluding steroid dienone is 1. The predicted molar refractivity (Wildman–Crippen MR) is 161 cm³/mol. The normalized spacial score (nSPS) is 36.8. The van der Waals surface area contributed by atoms with Crippen molar-refractivity contribution >= 4 is 23.9 Å². The molecule has 0 bridgehead atoms. The van der Waals surface area contributed by atoms with Gasteiger partial charge in [-0.3, -0.25) is 14.4 Å². The van der Waals surface area contributed by atoms with E-state index >= 15 is 0 Å². The zero-order valence-electron chi connectivity index (χ0n) is 27.9. The van der Waals surface area contributed by atoms with Gasteiger partial charge in [0.15, 0.2) is 29.7 Å². The minimum atomic E-state index is -1.89. The molecule has 0 radical (unpaired) electrons. The number of hydrogen-bond donors (Lipinski definition) is 1. The topological polar surface area (TPSA) is 147 Å². The van der Waals surface area contributed by atoms with Gasteiger partial charge in [-0.2, -0.15) is 0 Å². The fourth-order valence-corrected chi connectivity index (χ4v) is 7.30. The molecule has 0 aromatic heterocycles. The first kappa shape index (κ1) is 35.1. The van der Waals surface area contributed by atoms with Crippen LogP contribution in [-0.2, 0) is 47.6 Å². The Bertz CT molecular complexity index is 1240. The van der Waals surface area contributed by atoms with Crippen LogP contribution in [0.2, 0.25) is 0 Å². The van der Waals surface area contributed by atoms with Crippen molar-refractivity contribution in [3.8, 4) is 0 Å². The molecule has 0 unspecified atom stereocenters. The molecule has 2 heterocycles. The van der Waals surface area contributed by atoms with Gasteiger partial charge >= 0.3 is 23.9 Å². The van der Waals surface area contributed by atoms with Gasteiger partial charge in [0.1, 0.15) is 17.8 Å². The van der Waals surface area contributed by atoms with E-state index in [-0.39, 0.29) is 19.3 Å². The molecule has 4 rings (SSSR count). The smallest absolute Gasteiger partial charge is 0.334 e. The Morgan fingerprint density at radius 2 is 1.62 bits per heavy atom. The number of carbonyl (C=O) groups excluding carboxylic acids is 4. The highest BCUT2D eigenvalue weighted by atomic mass is 16.8. The summed E-state index contributed by atoms with van der Waals surface area (Å²) >= 11 is 0. The highest BCUT2D eigenvalue weighted by Crippen LogP contribution is 2.64. The van der Waals surface area contributed by atoms with E-state index in [2.05, 4.69) is 6.92 Å². The van der Waals surface area contributed by atoms with Gasteiger partial charge in [0.05, 0.1) is 5.92 Å². The van der Waals surface area contributed by atoms with Crippen LogP contribution in [0.25, 0.3) is 0 Å². The van der Waals surface area contributed by atoms with Crippen molar-refractivity contribution in [2.75, 3.05) is 0 Å². The number of ether oxygens (including phenoxy) is 6. The maximum atomic E-state index is 13.4. The van der Waals surface area contributed by atoms with Gasteiger partial charge < -0.3 is 33.5 Å².